The fourth-order valence-electron chi connectivity index (χ4n) is 4.36. The molecule has 1 heterocycles. The lowest BCUT2D eigenvalue weighted by Crippen LogP contribution is -2.46. The van der Waals surface area contributed by atoms with Gasteiger partial charge in [0.05, 0.1) is 21.8 Å². The number of para-hydroxylation sites is 1. The molecule has 4 atom stereocenters. The van der Waals surface area contributed by atoms with Gasteiger partial charge in [-0.1, -0.05) is 50.6 Å². The van der Waals surface area contributed by atoms with Crippen LogP contribution in [0.4, 0.5) is 8.78 Å². The number of carbonyl (C=O) groups excluding carboxylic acids is 1. The van der Waals surface area contributed by atoms with Crippen LogP contribution in [0.3, 0.4) is 0 Å². The number of aromatic nitrogens is 2. The minimum absolute atomic E-state index is 0.102. The van der Waals surface area contributed by atoms with Crippen LogP contribution < -0.4 is 10.9 Å². The molecule has 0 radical (unpaired) electrons. The number of carbonyl (C=O) groups is 1. The van der Waals surface area contributed by atoms with E-state index in [0.717, 1.165) is 47.7 Å². The van der Waals surface area contributed by atoms with Gasteiger partial charge in [-0.25, -0.2) is 13.8 Å². The van der Waals surface area contributed by atoms with Crippen LogP contribution >= 0.6 is 11.8 Å². The first-order chi connectivity index (χ1) is 15.8. The summed E-state index contributed by atoms with van der Waals surface area (Å²) < 4.78 is 29.3. The van der Waals surface area contributed by atoms with Gasteiger partial charge in [-0.3, -0.25) is 14.2 Å². The van der Waals surface area contributed by atoms with Gasteiger partial charge in [-0.2, -0.15) is 0 Å². The van der Waals surface area contributed by atoms with E-state index in [4.69, 9.17) is 0 Å². The zero-order valence-corrected chi connectivity index (χ0v) is 19.7. The molecule has 1 aliphatic rings. The molecular weight excluding hydrogens is 444 g/mol. The minimum Gasteiger partial charge on any atom is -0.352 e. The molecule has 0 unspecified atom stereocenters. The zero-order valence-electron chi connectivity index (χ0n) is 18.8. The first-order valence-corrected chi connectivity index (χ1v) is 12.1. The van der Waals surface area contributed by atoms with E-state index in [1.54, 1.807) is 31.2 Å². The highest BCUT2D eigenvalue weighted by atomic mass is 32.2. The Kier molecular flexibility index (Phi) is 6.83. The normalized spacial score (nSPS) is 21.7. The van der Waals surface area contributed by atoms with Crippen molar-refractivity contribution in [1.82, 2.24) is 14.9 Å². The molecule has 0 saturated heterocycles. The molecule has 1 saturated carbocycles. The zero-order chi connectivity index (χ0) is 23.7. The first-order valence-electron chi connectivity index (χ1n) is 11.2. The lowest BCUT2D eigenvalue weighted by atomic mass is 9.78. The van der Waals surface area contributed by atoms with E-state index >= 15 is 0 Å². The number of rotatable bonds is 5. The Labute approximate surface area is 195 Å². The molecule has 1 aliphatic carbocycles. The van der Waals surface area contributed by atoms with Gasteiger partial charge in [0, 0.05) is 12.1 Å². The van der Waals surface area contributed by atoms with Crippen LogP contribution in [0.1, 0.15) is 40.0 Å². The number of amides is 1. The van der Waals surface area contributed by atoms with Gasteiger partial charge in [0.1, 0.15) is 11.6 Å². The van der Waals surface area contributed by atoms with Crippen LogP contribution in [-0.4, -0.2) is 26.8 Å². The van der Waals surface area contributed by atoms with Gasteiger partial charge >= 0.3 is 0 Å². The lowest BCUT2D eigenvalue weighted by molar-refractivity contribution is -0.121. The van der Waals surface area contributed by atoms with Crippen molar-refractivity contribution in [3.05, 3.63) is 64.5 Å². The van der Waals surface area contributed by atoms with Crippen LogP contribution in [0, 0.1) is 23.5 Å². The molecule has 5 nitrogen and oxygen atoms in total. The average molecular weight is 472 g/mol. The van der Waals surface area contributed by atoms with Gasteiger partial charge in [0.15, 0.2) is 5.16 Å². The number of hydrogen-bond acceptors (Lipinski definition) is 4. The largest absolute Gasteiger partial charge is 0.352 e. The third kappa shape index (κ3) is 4.81. The topological polar surface area (TPSA) is 64.0 Å². The van der Waals surface area contributed by atoms with E-state index in [-0.39, 0.29) is 22.8 Å². The number of nitrogens with one attached hydrogen (secondary N) is 1. The second-order valence-corrected chi connectivity index (χ2v) is 10.1. The molecular formula is C25H27F2N3O2S. The number of hydrogen-bond donors (Lipinski definition) is 1. The quantitative estimate of drug-likeness (QED) is 0.416. The lowest BCUT2D eigenvalue weighted by Gasteiger charge is -2.35. The molecule has 8 heteroatoms. The predicted octanol–water partition coefficient (Wildman–Crippen LogP) is 5.09. The molecule has 4 rings (SSSR count). The fraction of sp³-hybridized carbons (Fsp3) is 0.400. The van der Waals surface area contributed by atoms with Crippen molar-refractivity contribution in [3.8, 4) is 5.69 Å². The maximum Gasteiger partial charge on any atom is 0.266 e. The Morgan fingerprint density at radius 3 is 2.70 bits per heavy atom. The fourth-order valence-corrected chi connectivity index (χ4v) is 5.29. The summed E-state index contributed by atoms with van der Waals surface area (Å²) in [5, 5.41) is 3.07. The first kappa shape index (κ1) is 23.4. The molecule has 0 aliphatic heterocycles. The Balaban J connectivity index is 1.69. The molecule has 1 amide bonds. The standard InChI is InChI=1S/C25H27F2N3O2S/c1-14-7-6-10-20(15(14)2)28-23(31)16(3)33-25-29-21-9-5-4-8-18(21)24(32)30(25)22-12-11-17(26)13-19(22)27/h4-5,8-9,11-16,20H,6-7,10H2,1-3H3,(H,28,31)/t14-,15+,16+,20+/m0/s1. The summed E-state index contributed by atoms with van der Waals surface area (Å²) in [5.41, 5.74) is -0.133. The van der Waals surface area contributed by atoms with E-state index in [9.17, 15) is 18.4 Å². The van der Waals surface area contributed by atoms with Crippen molar-refractivity contribution in [2.75, 3.05) is 0 Å². The smallest absolute Gasteiger partial charge is 0.266 e. The van der Waals surface area contributed by atoms with Crippen molar-refractivity contribution in [1.29, 1.82) is 0 Å². The third-order valence-electron chi connectivity index (χ3n) is 6.58. The van der Waals surface area contributed by atoms with Gasteiger partial charge in [0.25, 0.3) is 5.56 Å². The molecule has 0 bridgehead atoms. The highest BCUT2D eigenvalue weighted by Gasteiger charge is 2.30. The number of thioether (sulfide) groups is 1. The molecule has 3 aromatic rings. The maximum absolute atomic E-state index is 14.7. The maximum atomic E-state index is 14.7. The number of halogens is 2. The van der Waals surface area contributed by atoms with E-state index in [1.165, 1.54) is 6.07 Å². The van der Waals surface area contributed by atoms with Crippen LogP contribution in [0.2, 0.25) is 0 Å². The molecule has 33 heavy (non-hydrogen) atoms. The molecule has 2 aromatic carbocycles. The monoisotopic (exact) mass is 471 g/mol. The summed E-state index contributed by atoms with van der Waals surface area (Å²) in [6, 6.07) is 9.90. The van der Waals surface area contributed by atoms with Crippen molar-refractivity contribution >= 4 is 28.6 Å². The summed E-state index contributed by atoms with van der Waals surface area (Å²) in [6.45, 7) is 6.10. The molecule has 1 aromatic heterocycles. The van der Waals surface area contributed by atoms with Gasteiger partial charge in [-0.15, -0.1) is 0 Å². The number of fused-ring (bicyclic) bond motifs is 1. The second-order valence-electron chi connectivity index (χ2n) is 8.79. The number of benzene rings is 2. The molecule has 1 fully saturated rings. The van der Waals surface area contributed by atoms with E-state index in [2.05, 4.69) is 24.1 Å². The Morgan fingerprint density at radius 1 is 1.18 bits per heavy atom. The Bertz CT molecular complexity index is 1250. The minimum atomic E-state index is -0.877. The van der Waals surface area contributed by atoms with Crippen molar-refractivity contribution in [2.45, 2.75) is 56.5 Å². The molecule has 174 valence electrons. The van der Waals surface area contributed by atoms with Crippen molar-refractivity contribution < 1.29 is 13.6 Å². The van der Waals surface area contributed by atoms with Gasteiger partial charge < -0.3 is 5.32 Å². The van der Waals surface area contributed by atoms with Crippen molar-refractivity contribution in [2.24, 2.45) is 11.8 Å². The summed E-state index contributed by atoms with van der Waals surface area (Å²) in [4.78, 5) is 30.8. The SMILES string of the molecule is C[C@@H]1[C@@H](C)CCC[C@H]1NC(=O)[C@@H](C)Sc1nc2ccccc2c(=O)n1-c1ccc(F)cc1F. The van der Waals surface area contributed by atoms with Crippen LogP contribution in [0.15, 0.2) is 52.4 Å². The summed E-state index contributed by atoms with van der Waals surface area (Å²) in [5.74, 6) is -0.848. The third-order valence-corrected chi connectivity index (χ3v) is 7.63. The van der Waals surface area contributed by atoms with Gasteiger partial charge in [0.2, 0.25) is 5.91 Å². The number of nitrogens with zero attached hydrogens (tertiary/aromatic N) is 2. The van der Waals surface area contributed by atoms with E-state index in [0.29, 0.717) is 22.7 Å². The van der Waals surface area contributed by atoms with Gasteiger partial charge in [-0.05, 0) is 49.4 Å². The predicted molar refractivity (Wildman–Crippen MR) is 127 cm³/mol. The highest BCUT2D eigenvalue weighted by Crippen LogP contribution is 2.31. The molecule has 0 spiro atoms. The Morgan fingerprint density at radius 2 is 1.94 bits per heavy atom. The summed E-state index contributed by atoms with van der Waals surface area (Å²) in [6.07, 6.45) is 3.18. The summed E-state index contributed by atoms with van der Waals surface area (Å²) >= 11 is 1.09. The van der Waals surface area contributed by atoms with Crippen LogP contribution in [-0.2, 0) is 4.79 Å². The van der Waals surface area contributed by atoms with Crippen LogP contribution in [0.25, 0.3) is 16.6 Å². The highest BCUT2D eigenvalue weighted by molar-refractivity contribution is 8.00. The van der Waals surface area contributed by atoms with E-state index in [1.807, 2.05) is 0 Å². The second kappa shape index (κ2) is 9.63. The summed E-state index contributed by atoms with van der Waals surface area (Å²) in [7, 11) is 0. The van der Waals surface area contributed by atoms with E-state index < -0.39 is 22.4 Å². The Hall–Kier alpha value is -2.74. The van der Waals surface area contributed by atoms with Crippen LogP contribution in [0.5, 0.6) is 0 Å². The average Bonchev–Trinajstić information content (AvgIpc) is 2.78. The molecule has 1 N–H and O–H groups in total. The van der Waals surface area contributed by atoms with Crippen molar-refractivity contribution in [3.63, 3.8) is 0 Å².